The van der Waals surface area contributed by atoms with Crippen LogP contribution in [-0.2, 0) is 0 Å². The number of halogens is 3. The van der Waals surface area contributed by atoms with Crippen LogP contribution in [0.5, 0.6) is 0 Å². The van der Waals surface area contributed by atoms with Gasteiger partial charge in [0.05, 0.1) is 5.69 Å². The molecule has 0 saturated heterocycles. The van der Waals surface area contributed by atoms with Gasteiger partial charge in [-0.3, -0.25) is 0 Å². The molecule has 0 fully saturated rings. The first kappa shape index (κ1) is 15.0. The van der Waals surface area contributed by atoms with Crippen LogP contribution in [0.15, 0.2) is 36.4 Å². The van der Waals surface area contributed by atoms with E-state index < -0.39 is 0 Å². The Kier molecular flexibility index (Phi) is 4.81. The van der Waals surface area contributed by atoms with Crippen molar-refractivity contribution in [2.75, 3.05) is 10.6 Å². The van der Waals surface area contributed by atoms with E-state index in [1.165, 1.54) is 6.07 Å². The summed E-state index contributed by atoms with van der Waals surface area (Å²) in [6.07, 6.45) is 0. The van der Waals surface area contributed by atoms with E-state index in [-0.39, 0.29) is 10.9 Å². The maximum atomic E-state index is 13.6. The van der Waals surface area contributed by atoms with Gasteiger partial charge in [-0.1, -0.05) is 29.3 Å². The van der Waals surface area contributed by atoms with Gasteiger partial charge in [0.2, 0.25) is 0 Å². The number of anilines is 2. The van der Waals surface area contributed by atoms with Crippen LogP contribution in [0.1, 0.15) is 5.56 Å². The van der Waals surface area contributed by atoms with Crippen molar-refractivity contribution >= 4 is 51.9 Å². The third-order valence-electron chi connectivity index (χ3n) is 2.49. The Morgan fingerprint density at radius 3 is 2.35 bits per heavy atom. The van der Waals surface area contributed by atoms with E-state index in [4.69, 9.17) is 35.4 Å². The van der Waals surface area contributed by atoms with Gasteiger partial charge in [0.25, 0.3) is 0 Å². The van der Waals surface area contributed by atoms with Crippen LogP contribution in [0.25, 0.3) is 0 Å². The molecule has 0 bridgehead atoms. The lowest BCUT2D eigenvalue weighted by Gasteiger charge is -2.12. The highest BCUT2D eigenvalue weighted by molar-refractivity contribution is 7.80. The van der Waals surface area contributed by atoms with E-state index >= 15 is 0 Å². The van der Waals surface area contributed by atoms with Crippen LogP contribution in [0, 0.1) is 12.7 Å². The zero-order valence-corrected chi connectivity index (χ0v) is 12.8. The normalized spacial score (nSPS) is 10.2. The van der Waals surface area contributed by atoms with Crippen molar-refractivity contribution in [3.63, 3.8) is 0 Å². The van der Waals surface area contributed by atoms with E-state index in [1.807, 2.05) is 6.92 Å². The summed E-state index contributed by atoms with van der Waals surface area (Å²) in [5, 5.41) is 6.94. The lowest BCUT2D eigenvalue weighted by atomic mass is 10.2. The molecule has 0 spiro atoms. The lowest BCUT2D eigenvalue weighted by Crippen LogP contribution is -2.19. The van der Waals surface area contributed by atoms with Crippen molar-refractivity contribution < 1.29 is 4.39 Å². The summed E-state index contributed by atoms with van der Waals surface area (Å²) in [5.41, 5.74) is 1.88. The Morgan fingerprint density at radius 1 is 1.05 bits per heavy atom. The molecule has 0 aliphatic heterocycles. The predicted molar refractivity (Wildman–Crippen MR) is 87.4 cm³/mol. The van der Waals surface area contributed by atoms with Crippen molar-refractivity contribution in [1.29, 1.82) is 0 Å². The molecule has 2 N–H and O–H groups in total. The Hall–Kier alpha value is -1.36. The fourth-order valence-corrected chi connectivity index (χ4v) is 2.40. The quantitative estimate of drug-likeness (QED) is 0.736. The van der Waals surface area contributed by atoms with Gasteiger partial charge in [-0.15, -0.1) is 0 Å². The summed E-state index contributed by atoms with van der Waals surface area (Å²) < 4.78 is 13.6. The molecule has 0 aliphatic rings. The van der Waals surface area contributed by atoms with Gasteiger partial charge in [-0.05, 0) is 55.0 Å². The van der Waals surface area contributed by atoms with Gasteiger partial charge in [0, 0.05) is 15.7 Å². The number of hydrogen-bond acceptors (Lipinski definition) is 1. The molecule has 0 aromatic heterocycles. The monoisotopic (exact) mass is 328 g/mol. The third kappa shape index (κ3) is 4.07. The van der Waals surface area contributed by atoms with Crippen LogP contribution >= 0.6 is 35.4 Å². The van der Waals surface area contributed by atoms with Crippen LogP contribution in [-0.4, -0.2) is 5.11 Å². The highest BCUT2D eigenvalue weighted by Gasteiger charge is 2.05. The second-order valence-electron chi connectivity index (χ2n) is 4.22. The fraction of sp³-hybridized carbons (Fsp3) is 0.0714. The summed E-state index contributed by atoms with van der Waals surface area (Å²) in [7, 11) is 0. The van der Waals surface area contributed by atoms with E-state index in [2.05, 4.69) is 10.6 Å². The summed E-state index contributed by atoms with van der Waals surface area (Å²) in [4.78, 5) is 0. The van der Waals surface area contributed by atoms with E-state index in [0.717, 1.165) is 5.56 Å². The zero-order chi connectivity index (χ0) is 14.7. The number of rotatable bonds is 2. The van der Waals surface area contributed by atoms with Crippen molar-refractivity contribution in [2.24, 2.45) is 0 Å². The van der Waals surface area contributed by atoms with Gasteiger partial charge in [0.15, 0.2) is 5.11 Å². The smallest absolute Gasteiger partial charge is 0.175 e. The molecular formula is C14H11Cl2FN2S. The fourth-order valence-electron chi connectivity index (χ4n) is 1.65. The summed E-state index contributed by atoms with van der Waals surface area (Å²) in [6.45, 7) is 1.87. The van der Waals surface area contributed by atoms with Gasteiger partial charge >= 0.3 is 0 Å². The Labute approximate surface area is 131 Å². The van der Waals surface area contributed by atoms with Crippen molar-refractivity contribution in [3.05, 3.63) is 57.8 Å². The Balaban J connectivity index is 2.11. The topological polar surface area (TPSA) is 24.1 Å². The average Bonchev–Trinajstić information content (AvgIpc) is 2.32. The second-order valence-corrected chi connectivity index (χ2v) is 5.50. The van der Waals surface area contributed by atoms with Gasteiger partial charge in [-0.2, -0.15) is 0 Å². The molecule has 2 aromatic rings. The number of nitrogens with one attached hydrogen (secondary N) is 2. The SMILES string of the molecule is Cc1ccc(F)c(NC(=S)Nc2cc(Cl)cc(Cl)c2)c1. The van der Waals surface area contributed by atoms with E-state index in [0.29, 0.717) is 21.4 Å². The molecule has 0 heterocycles. The van der Waals surface area contributed by atoms with Gasteiger partial charge in [-0.25, -0.2) is 4.39 Å². The Morgan fingerprint density at radius 2 is 1.70 bits per heavy atom. The van der Waals surface area contributed by atoms with Crippen molar-refractivity contribution in [2.45, 2.75) is 6.92 Å². The largest absolute Gasteiger partial charge is 0.332 e. The molecule has 2 nitrogen and oxygen atoms in total. The lowest BCUT2D eigenvalue weighted by molar-refractivity contribution is 0.632. The van der Waals surface area contributed by atoms with Crippen LogP contribution in [0.3, 0.4) is 0 Å². The molecule has 2 rings (SSSR count). The van der Waals surface area contributed by atoms with Gasteiger partial charge in [0.1, 0.15) is 5.82 Å². The predicted octanol–water partition coefficient (Wildman–Crippen LogP) is 5.25. The minimum absolute atomic E-state index is 0.257. The van der Waals surface area contributed by atoms with E-state index in [1.54, 1.807) is 30.3 Å². The maximum Gasteiger partial charge on any atom is 0.175 e. The highest BCUT2D eigenvalue weighted by Crippen LogP contribution is 2.23. The number of hydrogen-bond donors (Lipinski definition) is 2. The van der Waals surface area contributed by atoms with Crippen LogP contribution < -0.4 is 10.6 Å². The molecule has 0 aliphatic carbocycles. The Bertz CT molecular complexity index is 641. The molecule has 0 amide bonds. The zero-order valence-electron chi connectivity index (χ0n) is 10.5. The van der Waals surface area contributed by atoms with Crippen molar-refractivity contribution in [1.82, 2.24) is 0 Å². The molecule has 0 saturated carbocycles. The standard InChI is InChI=1S/C14H11Cl2FN2S/c1-8-2-3-12(17)13(4-8)19-14(20)18-11-6-9(15)5-10(16)7-11/h2-7H,1H3,(H2,18,19,20). The average molecular weight is 329 g/mol. The summed E-state index contributed by atoms with van der Waals surface area (Å²) in [6, 6.07) is 9.71. The molecule has 104 valence electrons. The minimum atomic E-state index is -0.371. The molecule has 20 heavy (non-hydrogen) atoms. The van der Waals surface area contributed by atoms with Crippen LogP contribution in [0.2, 0.25) is 10.0 Å². The number of thiocarbonyl (C=S) groups is 1. The first-order chi connectivity index (χ1) is 9.44. The molecule has 6 heteroatoms. The number of aryl methyl sites for hydroxylation is 1. The maximum absolute atomic E-state index is 13.6. The molecule has 0 unspecified atom stereocenters. The molecular weight excluding hydrogens is 318 g/mol. The number of benzene rings is 2. The minimum Gasteiger partial charge on any atom is -0.332 e. The van der Waals surface area contributed by atoms with Crippen molar-refractivity contribution in [3.8, 4) is 0 Å². The van der Waals surface area contributed by atoms with Crippen LogP contribution in [0.4, 0.5) is 15.8 Å². The highest BCUT2D eigenvalue weighted by atomic mass is 35.5. The summed E-state index contributed by atoms with van der Waals surface area (Å²) >= 11 is 16.9. The van der Waals surface area contributed by atoms with Gasteiger partial charge < -0.3 is 10.6 Å². The first-order valence-electron chi connectivity index (χ1n) is 5.74. The van der Waals surface area contributed by atoms with E-state index in [9.17, 15) is 4.39 Å². The molecule has 0 atom stereocenters. The summed E-state index contributed by atoms with van der Waals surface area (Å²) in [5.74, 6) is -0.371. The molecule has 0 radical (unpaired) electrons. The second kappa shape index (κ2) is 6.39. The third-order valence-corrected chi connectivity index (χ3v) is 3.13. The first-order valence-corrected chi connectivity index (χ1v) is 6.91. The molecule has 2 aromatic carbocycles.